The maximum atomic E-state index is 11.4. The highest BCUT2D eigenvalue weighted by Gasteiger charge is 2.15. The van der Waals surface area contributed by atoms with Crippen molar-refractivity contribution in [3.8, 4) is 6.07 Å². The van der Waals surface area contributed by atoms with Gasteiger partial charge in [0.05, 0.1) is 31.3 Å². The number of carbonyl (C=O) groups is 1. The van der Waals surface area contributed by atoms with Gasteiger partial charge in [0.1, 0.15) is 5.60 Å². The van der Waals surface area contributed by atoms with Crippen molar-refractivity contribution in [2.75, 3.05) is 13.2 Å². The molecule has 0 aliphatic carbocycles. The molecule has 20 heavy (non-hydrogen) atoms. The Hall–Kier alpha value is -1.86. The van der Waals surface area contributed by atoms with Crippen LogP contribution in [0, 0.1) is 11.3 Å². The highest BCUT2D eigenvalue weighted by Crippen LogP contribution is 2.09. The fourth-order valence-corrected chi connectivity index (χ4v) is 1.68. The first-order chi connectivity index (χ1) is 9.42. The Morgan fingerprint density at radius 3 is 2.60 bits per heavy atom. The number of ether oxygens (including phenoxy) is 2. The maximum absolute atomic E-state index is 11.4. The van der Waals surface area contributed by atoms with E-state index >= 15 is 0 Å². The molecule has 4 nitrogen and oxygen atoms in total. The fourth-order valence-electron chi connectivity index (χ4n) is 1.68. The number of hydrogen-bond donors (Lipinski definition) is 0. The molecule has 0 saturated heterocycles. The van der Waals surface area contributed by atoms with Gasteiger partial charge in [-0.3, -0.25) is 4.79 Å². The van der Waals surface area contributed by atoms with Crippen LogP contribution in [-0.2, 0) is 20.7 Å². The van der Waals surface area contributed by atoms with E-state index in [4.69, 9.17) is 14.7 Å². The largest absolute Gasteiger partial charge is 0.460 e. The molecule has 0 heterocycles. The second-order valence-corrected chi connectivity index (χ2v) is 5.47. The van der Waals surface area contributed by atoms with E-state index in [1.165, 1.54) is 0 Å². The van der Waals surface area contributed by atoms with Gasteiger partial charge in [0.2, 0.25) is 0 Å². The van der Waals surface area contributed by atoms with Crippen LogP contribution in [0.25, 0.3) is 0 Å². The van der Waals surface area contributed by atoms with Gasteiger partial charge in [-0.25, -0.2) is 0 Å². The fraction of sp³-hybridized carbons (Fsp3) is 0.500. The van der Waals surface area contributed by atoms with E-state index in [1.807, 2.05) is 39.0 Å². The molecule has 0 aliphatic heterocycles. The molecule has 0 N–H and O–H groups in total. The molecule has 108 valence electrons. The molecular weight excluding hydrogens is 254 g/mol. The summed E-state index contributed by atoms with van der Waals surface area (Å²) in [4.78, 5) is 11.4. The first kappa shape index (κ1) is 16.2. The first-order valence-electron chi connectivity index (χ1n) is 6.70. The van der Waals surface area contributed by atoms with Gasteiger partial charge in [0.15, 0.2) is 0 Å². The topological polar surface area (TPSA) is 59.3 Å². The molecule has 0 atom stereocenters. The van der Waals surface area contributed by atoms with Gasteiger partial charge in [-0.05, 0) is 38.8 Å². The third kappa shape index (κ3) is 6.35. The molecule has 0 saturated carbocycles. The number of nitriles is 1. The van der Waals surface area contributed by atoms with Crippen LogP contribution in [0.5, 0.6) is 0 Å². The van der Waals surface area contributed by atoms with Crippen LogP contribution in [0.4, 0.5) is 0 Å². The van der Waals surface area contributed by atoms with Crippen LogP contribution in [0.2, 0.25) is 0 Å². The van der Waals surface area contributed by atoms with Gasteiger partial charge >= 0.3 is 5.97 Å². The minimum Gasteiger partial charge on any atom is -0.460 e. The van der Waals surface area contributed by atoms with Gasteiger partial charge in [0.25, 0.3) is 0 Å². The Balaban J connectivity index is 2.23. The predicted molar refractivity (Wildman–Crippen MR) is 76.1 cm³/mol. The zero-order valence-electron chi connectivity index (χ0n) is 12.3. The number of nitrogens with zero attached hydrogens (tertiary/aromatic N) is 1. The average Bonchev–Trinajstić information content (AvgIpc) is 2.36. The standard InChI is InChI=1S/C16H21NO3/c1-16(2,3)20-15(18)9-11-19-10-8-13-6-4-5-7-14(13)12-17/h4-7H,8-11H2,1-3H3. The van der Waals surface area contributed by atoms with Gasteiger partial charge in [-0.1, -0.05) is 18.2 Å². The molecule has 0 spiro atoms. The van der Waals surface area contributed by atoms with E-state index in [0.717, 1.165) is 5.56 Å². The van der Waals surface area contributed by atoms with E-state index in [-0.39, 0.29) is 12.4 Å². The lowest BCUT2D eigenvalue weighted by Gasteiger charge is -2.19. The first-order valence-corrected chi connectivity index (χ1v) is 6.70. The van der Waals surface area contributed by atoms with Crippen molar-refractivity contribution in [1.82, 2.24) is 0 Å². The summed E-state index contributed by atoms with van der Waals surface area (Å²) in [5.74, 6) is -0.255. The smallest absolute Gasteiger partial charge is 0.308 e. The number of rotatable bonds is 6. The molecule has 0 fully saturated rings. The van der Waals surface area contributed by atoms with Crippen molar-refractivity contribution in [3.63, 3.8) is 0 Å². The number of benzene rings is 1. The Bertz CT molecular complexity index is 483. The van der Waals surface area contributed by atoms with Gasteiger partial charge in [-0.2, -0.15) is 5.26 Å². The van der Waals surface area contributed by atoms with E-state index in [0.29, 0.717) is 25.2 Å². The Kier molecular flexibility index (Phi) is 6.20. The van der Waals surface area contributed by atoms with Crippen molar-refractivity contribution >= 4 is 5.97 Å². The van der Waals surface area contributed by atoms with E-state index in [2.05, 4.69) is 6.07 Å². The van der Waals surface area contributed by atoms with Crippen LogP contribution >= 0.6 is 0 Å². The summed E-state index contributed by atoms with van der Waals surface area (Å²) in [5.41, 5.74) is 1.18. The lowest BCUT2D eigenvalue weighted by atomic mass is 10.1. The highest BCUT2D eigenvalue weighted by atomic mass is 16.6. The molecule has 4 heteroatoms. The quantitative estimate of drug-likeness (QED) is 0.591. The summed E-state index contributed by atoms with van der Waals surface area (Å²) < 4.78 is 10.6. The molecule has 0 amide bonds. The molecule has 0 aromatic heterocycles. The van der Waals surface area contributed by atoms with Crippen LogP contribution in [0.1, 0.15) is 38.3 Å². The van der Waals surface area contributed by atoms with E-state index < -0.39 is 5.60 Å². The summed E-state index contributed by atoms with van der Waals surface area (Å²) in [5, 5.41) is 8.95. The number of esters is 1. The van der Waals surface area contributed by atoms with Crippen molar-refractivity contribution < 1.29 is 14.3 Å². The van der Waals surface area contributed by atoms with Crippen molar-refractivity contribution in [3.05, 3.63) is 35.4 Å². The average molecular weight is 275 g/mol. The summed E-state index contributed by atoms with van der Waals surface area (Å²) in [6.45, 7) is 6.34. The maximum Gasteiger partial charge on any atom is 0.308 e. The Morgan fingerprint density at radius 2 is 1.95 bits per heavy atom. The summed E-state index contributed by atoms with van der Waals surface area (Å²) in [6.07, 6.45) is 0.912. The second kappa shape index (κ2) is 7.66. The second-order valence-electron chi connectivity index (χ2n) is 5.47. The lowest BCUT2D eigenvalue weighted by molar-refractivity contribution is -0.156. The molecular formula is C16H21NO3. The lowest BCUT2D eigenvalue weighted by Crippen LogP contribution is -2.24. The van der Waals surface area contributed by atoms with Gasteiger partial charge in [-0.15, -0.1) is 0 Å². The van der Waals surface area contributed by atoms with Gasteiger partial charge in [0, 0.05) is 0 Å². The predicted octanol–water partition coefficient (Wildman–Crippen LogP) is 2.85. The zero-order valence-corrected chi connectivity index (χ0v) is 12.3. The van der Waals surface area contributed by atoms with E-state index in [9.17, 15) is 4.79 Å². The third-order valence-corrected chi connectivity index (χ3v) is 2.52. The molecule has 0 bridgehead atoms. The SMILES string of the molecule is CC(C)(C)OC(=O)CCOCCc1ccccc1C#N. The summed E-state index contributed by atoms with van der Waals surface area (Å²) in [7, 11) is 0. The molecule has 1 aromatic carbocycles. The van der Waals surface area contributed by atoms with Crippen LogP contribution in [0.15, 0.2) is 24.3 Å². The number of hydrogen-bond acceptors (Lipinski definition) is 4. The molecule has 1 rings (SSSR count). The molecule has 0 aliphatic rings. The Morgan fingerprint density at radius 1 is 1.25 bits per heavy atom. The molecule has 0 radical (unpaired) electrons. The highest BCUT2D eigenvalue weighted by molar-refractivity contribution is 5.69. The van der Waals surface area contributed by atoms with Crippen molar-refractivity contribution in [1.29, 1.82) is 5.26 Å². The van der Waals surface area contributed by atoms with Gasteiger partial charge < -0.3 is 9.47 Å². The van der Waals surface area contributed by atoms with Crippen LogP contribution in [-0.4, -0.2) is 24.8 Å². The normalized spacial score (nSPS) is 10.9. The summed E-state index contributed by atoms with van der Waals surface area (Å²) in [6, 6.07) is 9.59. The Labute approximate surface area is 120 Å². The minimum atomic E-state index is -0.456. The monoisotopic (exact) mass is 275 g/mol. The number of carbonyl (C=O) groups excluding carboxylic acids is 1. The zero-order chi connectivity index (χ0) is 15.0. The minimum absolute atomic E-state index is 0.247. The molecule has 1 aromatic rings. The summed E-state index contributed by atoms with van der Waals surface area (Å²) >= 11 is 0. The third-order valence-electron chi connectivity index (χ3n) is 2.52. The van der Waals surface area contributed by atoms with E-state index in [1.54, 1.807) is 6.07 Å². The van der Waals surface area contributed by atoms with Crippen molar-refractivity contribution in [2.45, 2.75) is 39.2 Å². The van der Waals surface area contributed by atoms with Crippen molar-refractivity contribution in [2.24, 2.45) is 0 Å². The van der Waals surface area contributed by atoms with Crippen LogP contribution < -0.4 is 0 Å². The van der Waals surface area contributed by atoms with Crippen LogP contribution in [0.3, 0.4) is 0 Å². The molecule has 0 unspecified atom stereocenters.